The van der Waals surface area contributed by atoms with Crippen molar-refractivity contribution in [1.82, 2.24) is 0 Å². The zero-order valence-electron chi connectivity index (χ0n) is 9.38. The van der Waals surface area contributed by atoms with Gasteiger partial charge in [-0.3, -0.25) is 0 Å². The van der Waals surface area contributed by atoms with Crippen molar-refractivity contribution in [3.05, 3.63) is 47.8 Å². The molecular weight excluding hydrogens is 245 g/mol. The van der Waals surface area contributed by atoms with Crippen molar-refractivity contribution in [2.75, 3.05) is 7.11 Å². The van der Waals surface area contributed by atoms with Crippen LogP contribution in [-0.4, -0.2) is 12.2 Å². The lowest BCUT2D eigenvalue weighted by Gasteiger charge is -2.07. The zero-order chi connectivity index (χ0) is 13.3. The van der Waals surface area contributed by atoms with Gasteiger partial charge in [0.1, 0.15) is 11.6 Å². The quantitative estimate of drug-likeness (QED) is 0.888. The predicted octanol–water partition coefficient (Wildman–Crippen LogP) is 3.49. The van der Waals surface area contributed by atoms with Gasteiger partial charge in [0.15, 0.2) is 17.4 Å². The minimum absolute atomic E-state index is 0.00273. The van der Waals surface area contributed by atoms with Gasteiger partial charge in [0.25, 0.3) is 0 Å². The molecule has 0 aliphatic carbocycles. The number of hydrogen-bond acceptors (Lipinski definition) is 2. The van der Waals surface area contributed by atoms with E-state index in [0.717, 1.165) is 18.2 Å². The van der Waals surface area contributed by atoms with Crippen LogP contribution in [0.5, 0.6) is 11.5 Å². The van der Waals surface area contributed by atoms with E-state index in [2.05, 4.69) is 0 Å². The molecular formula is C13H9F3O2. The number of ether oxygens (including phenoxy) is 1. The zero-order valence-corrected chi connectivity index (χ0v) is 9.38. The maximum absolute atomic E-state index is 13.7. The summed E-state index contributed by atoms with van der Waals surface area (Å²) in [5.41, 5.74) is 0.0246. The first-order chi connectivity index (χ1) is 8.52. The van der Waals surface area contributed by atoms with Crippen LogP contribution in [0.4, 0.5) is 13.2 Å². The topological polar surface area (TPSA) is 29.5 Å². The molecule has 2 aromatic rings. The molecule has 0 atom stereocenters. The molecule has 0 bridgehead atoms. The van der Waals surface area contributed by atoms with Gasteiger partial charge in [0, 0.05) is 11.6 Å². The second kappa shape index (κ2) is 4.60. The van der Waals surface area contributed by atoms with Crippen LogP contribution in [0.1, 0.15) is 0 Å². The Morgan fingerprint density at radius 2 is 1.56 bits per heavy atom. The van der Waals surface area contributed by atoms with Gasteiger partial charge in [0.2, 0.25) is 0 Å². The number of phenols is 1. The van der Waals surface area contributed by atoms with E-state index in [1.54, 1.807) is 0 Å². The van der Waals surface area contributed by atoms with Crippen molar-refractivity contribution in [2.24, 2.45) is 0 Å². The highest BCUT2D eigenvalue weighted by Gasteiger charge is 2.13. The Labute approximate surface area is 101 Å². The van der Waals surface area contributed by atoms with E-state index in [-0.39, 0.29) is 11.1 Å². The molecule has 0 aliphatic rings. The van der Waals surface area contributed by atoms with Crippen molar-refractivity contribution in [2.45, 2.75) is 0 Å². The predicted molar refractivity (Wildman–Crippen MR) is 60.0 cm³/mol. The number of rotatable bonds is 2. The van der Waals surface area contributed by atoms with Gasteiger partial charge < -0.3 is 9.84 Å². The summed E-state index contributed by atoms with van der Waals surface area (Å²) in [5, 5.41) is 8.97. The molecule has 94 valence electrons. The van der Waals surface area contributed by atoms with Crippen molar-refractivity contribution in [3.63, 3.8) is 0 Å². The lowest BCUT2D eigenvalue weighted by atomic mass is 10.0. The molecule has 0 amide bonds. The number of aromatic hydroxyl groups is 1. The maximum Gasteiger partial charge on any atom is 0.187 e. The lowest BCUT2D eigenvalue weighted by Crippen LogP contribution is -1.91. The van der Waals surface area contributed by atoms with Crippen LogP contribution < -0.4 is 4.74 Å². The normalized spacial score (nSPS) is 10.4. The van der Waals surface area contributed by atoms with Crippen LogP contribution in [0.25, 0.3) is 11.1 Å². The maximum atomic E-state index is 13.7. The molecule has 2 rings (SSSR count). The molecule has 0 fully saturated rings. The van der Waals surface area contributed by atoms with E-state index in [9.17, 15) is 13.2 Å². The summed E-state index contributed by atoms with van der Waals surface area (Å²) in [4.78, 5) is 0. The Bertz CT molecular complexity index is 574. The van der Waals surface area contributed by atoms with E-state index in [0.29, 0.717) is 5.75 Å². The number of phenolic OH excluding ortho intramolecular Hbond substituents is 1. The number of hydrogen-bond donors (Lipinski definition) is 1. The monoisotopic (exact) mass is 254 g/mol. The Kier molecular flexibility index (Phi) is 3.14. The SMILES string of the molecule is COc1ccc(-c2cc(F)c(O)c(F)c2)c(F)c1. The van der Waals surface area contributed by atoms with Gasteiger partial charge in [-0.1, -0.05) is 0 Å². The van der Waals surface area contributed by atoms with E-state index in [4.69, 9.17) is 9.84 Å². The van der Waals surface area contributed by atoms with Crippen LogP contribution in [0.3, 0.4) is 0 Å². The van der Waals surface area contributed by atoms with Crippen molar-refractivity contribution < 1.29 is 23.0 Å². The first-order valence-electron chi connectivity index (χ1n) is 5.05. The van der Waals surface area contributed by atoms with Gasteiger partial charge >= 0.3 is 0 Å². The summed E-state index contributed by atoms with van der Waals surface area (Å²) >= 11 is 0. The molecule has 0 radical (unpaired) electrons. The molecule has 0 unspecified atom stereocenters. The highest BCUT2D eigenvalue weighted by Crippen LogP contribution is 2.30. The molecule has 0 heterocycles. The largest absolute Gasteiger partial charge is 0.503 e. The fourth-order valence-corrected chi connectivity index (χ4v) is 1.58. The molecule has 0 aromatic heterocycles. The van der Waals surface area contributed by atoms with Crippen LogP contribution >= 0.6 is 0 Å². The third kappa shape index (κ3) is 2.11. The van der Waals surface area contributed by atoms with Crippen LogP contribution in [0.2, 0.25) is 0 Å². The van der Waals surface area contributed by atoms with Crippen LogP contribution in [-0.2, 0) is 0 Å². The Hall–Kier alpha value is -2.17. The highest BCUT2D eigenvalue weighted by atomic mass is 19.1. The minimum atomic E-state index is -1.14. The van der Waals surface area contributed by atoms with Crippen molar-refractivity contribution >= 4 is 0 Å². The molecule has 0 saturated carbocycles. The highest BCUT2D eigenvalue weighted by molar-refractivity contribution is 5.66. The van der Waals surface area contributed by atoms with Gasteiger partial charge in [0.05, 0.1) is 7.11 Å². The summed E-state index contributed by atoms with van der Waals surface area (Å²) in [6, 6.07) is 5.66. The molecule has 0 saturated heterocycles. The average Bonchev–Trinajstić information content (AvgIpc) is 2.35. The molecule has 2 aromatic carbocycles. The molecule has 5 heteroatoms. The second-order valence-corrected chi connectivity index (χ2v) is 3.63. The second-order valence-electron chi connectivity index (χ2n) is 3.63. The average molecular weight is 254 g/mol. The smallest absolute Gasteiger partial charge is 0.187 e. The summed E-state index contributed by atoms with van der Waals surface area (Å²) in [5.74, 6) is -3.72. The first-order valence-corrected chi connectivity index (χ1v) is 5.05. The molecule has 0 aliphatic heterocycles. The Morgan fingerprint density at radius 3 is 2.06 bits per heavy atom. The van der Waals surface area contributed by atoms with Crippen LogP contribution in [0, 0.1) is 17.5 Å². The number of methoxy groups -OCH3 is 1. The van der Waals surface area contributed by atoms with E-state index >= 15 is 0 Å². The summed E-state index contributed by atoms with van der Waals surface area (Å²) in [6.45, 7) is 0. The fourth-order valence-electron chi connectivity index (χ4n) is 1.58. The van der Waals surface area contributed by atoms with Gasteiger partial charge in [-0.05, 0) is 29.8 Å². The van der Waals surface area contributed by atoms with Gasteiger partial charge in [-0.15, -0.1) is 0 Å². The third-order valence-electron chi connectivity index (χ3n) is 2.50. The number of benzene rings is 2. The van der Waals surface area contributed by atoms with E-state index < -0.39 is 23.2 Å². The molecule has 0 spiro atoms. The van der Waals surface area contributed by atoms with Crippen LogP contribution in [0.15, 0.2) is 30.3 Å². The summed E-state index contributed by atoms with van der Waals surface area (Å²) < 4.78 is 44.9. The van der Waals surface area contributed by atoms with Gasteiger partial charge in [-0.25, -0.2) is 13.2 Å². The molecule has 18 heavy (non-hydrogen) atoms. The number of halogens is 3. The van der Waals surface area contributed by atoms with Crippen molar-refractivity contribution in [3.8, 4) is 22.6 Å². The van der Waals surface area contributed by atoms with E-state index in [1.165, 1.54) is 19.2 Å². The Balaban J connectivity index is 2.55. The third-order valence-corrected chi connectivity index (χ3v) is 2.50. The van der Waals surface area contributed by atoms with E-state index in [1.807, 2.05) is 0 Å². The fraction of sp³-hybridized carbons (Fsp3) is 0.0769. The summed E-state index contributed by atoms with van der Waals surface area (Å²) in [7, 11) is 1.38. The standard InChI is InChI=1S/C13H9F3O2/c1-18-8-2-3-9(10(14)6-8)7-4-11(15)13(17)12(16)5-7/h2-6,17H,1H3. The summed E-state index contributed by atoms with van der Waals surface area (Å²) in [6.07, 6.45) is 0. The Morgan fingerprint density at radius 1 is 0.944 bits per heavy atom. The lowest BCUT2D eigenvalue weighted by molar-refractivity contribution is 0.396. The first kappa shape index (κ1) is 12.3. The van der Waals surface area contributed by atoms with Crippen molar-refractivity contribution in [1.29, 1.82) is 0 Å². The minimum Gasteiger partial charge on any atom is -0.503 e. The molecule has 2 nitrogen and oxygen atoms in total. The molecule has 1 N–H and O–H groups in total. The van der Waals surface area contributed by atoms with Gasteiger partial charge in [-0.2, -0.15) is 0 Å².